The third-order valence-corrected chi connectivity index (χ3v) is 4.81. The van der Waals surface area contributed by atoms with E-state index in [2.05, 4.69) is 23.6 Å². The lowest BCUT2D eigenvalue weighted by Crippen LogP contribution is -2.49. The zero-order chi connectivity index (χ0) is 16.7. The second-order valence-corrected chi connectivity index (χ2v) is 6.73. The number of hydrogen-bond acceptors (Lipinski definition) is 3. The summed E-state index contributed by atoms with van der Waals surface area (Å²) >= 11 is 6.18. The van der Waals surface area contributed by atoms with Gasteiger partial charge in [-0.1, -0.05) is 30.7 Å². The number of nitrogens with one attached hydrogen (secondary N) is 2. The van der Waals surface area contributed by atoms with Crippen molar-refractivity contribution in [3.8, 4) is 0 Å². The first-order valence-electron chi connectivity index (χ1n) is 8.42. The van der Waals surface area contributed by atoms with E-state index in [0.29, 0.717) is 0 Å². The van der Waals surface area contributed by atoms with Crippen LogP contribution in [0.15, 0.2) is 24.3 Å². The maximum Gasteiger partial charge on any atom is 0.236 e. The lowest BCUT2D eigenvalue weighted by Gasteiger charge is -2.38. The molecule has 0 aromatic heterocycles. The van der Waals surface area contributed by atoms with Gasteiger partial charge in [0.05, 0.1) is 6.04 Å². The predicted molar refractivity (Wildman–Crippen MR) is 93.9 cm³/mol. The molecule has 4 nitrogen and oxygen atoms in total. The molecule has 1 atom stereocenters. The molecule has 2 N–H and O–H groups in total. The van der Waals surface area contributed by atoms with Gasteiger partial charge in [0.15, 0.2) is 0 Å². The van der Waals surface area contributed by atoms with E-state index in [4.69, 9.17) is 16.3 Å². The van der Waals surface area contributed by atoms with Crippen LogP contribution >= 0.6 is 11.6 Å². The Morgan fingerprint density at radius 3 is 2.78 bits per heavy atom. The molecule has 1 aliphatic rings. The van der Waals surface area contributed by atoms with Crippen molar-refractivity contribution < 1.29 is 9.53 Å². The molecule has 1 amide bonds. The molecule has 128 valence electrons. The number of carbonyl (C=O) groups is 1. The molecule has 0 bridgehead atoms. The van der Waals surface area contributed by atoms with Crippen molar-refractivity contribution in [3.05, 3.63) is 34.9 Å². The van der Waals surface area contributed by atoms with Crippen LogP contribution in [0.5, 0.6) is 0 Å². The molecule has 0 saturated carbocycles. The van der Waals surface area contributed by atoms with Crippen molar-refractivity contribution >= 4 is 17.5 Å². The molecule has 0 aliphatic carbocycles. The average molecular weight is 339 g/mol. The van der Waals surface area contributed by atoms with Crippen LogP contribution in [0.1, 0.15) is 38.7 Å². The second kappa shape index (κ2) is 8.67. The molecule has 1 aromatic carbocycles. The van der Waals surface area contributed by atoms with Crippen LogP contribution in [0.25, 0.3) is 0 Å². The summed E-state index contributed by atoms with van der Waals surface area (Å²) in [5.41, 5.74) is 1.20. The zero-order valence-corrected chi connectivity index (χ0v) is 14.8. The maximum atomic E-state index is 12.1. The minimum Gasteiger partial charge on any atom is -0.381 e. The van der Waals surface area contributed by atoms with Crippen LogP contribution in [0.4, 0.5) is 0 Å². The number of hydrogen-bond donors (Lipinski definition) is 2. The lowest BCUT2D eigenvalue weighted by molar-refractivity contribution is -0.122. The Balaban J connectivity index is 2.06. The molecule has 2 rings (SSSR count). The molecule has 1 saturated heterocycles. The summed E-state index contributed by atoms with van der Waals surface area (Å²) in [5.74, 6) is 0.0557. The number of carbonyl (C=O) groups excluding carboxylic acids is 1. The molecule has 5 heteroatoms. The highest BCUT2D eigenvalue weighted by Gasteiger charge is 2.35. The highest BCUT2D eigenvalue weighted by molar-refractivity contribution is 6.30. The van der Waals surface area contributed by atoms with E-state index in [-0.39, 0.29) is 17.4 Å². The summed E-state index contributed by atoms with van der Waals surface area (Å²) in [6.45, 7) is 6.91. The maximum absolute atomic E-state index is 12.1. The second-order valence-electron chi connectivity index (χ2n) is 6.30. The minimum absolute atomic E-state index is 0.0254. The summed E-state index contributed by atoms with van der Waals surface area (Å²) in [5, 5.41) is 7.10. The summed E-state index contributed by atoms with van der Waals surface area (Å²) < 4.78 is 5.54. The average Bonchev–Trinajstić information content (AvgIpc) is 2.58. The standard InChI is InChI=1S/C18H27ClN2O2/c1-3-9-20-17(22)14(2)21-13-18(7-10-23-11-8-18)15-5-4-6-16(19)12-15/h4-6,12,14,21H,3,7-11,13H2,1-2H3,(H,20,22)/t14-/m1/s1. The fourth-order valence-electron chi connectivity index (χ4n) is 2.99. The van der Waals surface area contributed by atoms with Gasteiger partial charge >= 0.3 is 0 Å². The van der Waals surface area contributed by atoms with Crippen molar-refractivity contribution in [1.29, 1.82) is 0 Å². The molecule has 0 unspecified atom stereocenters. The Morgan fingerprint density at radius 1 is 1.39 bits per heavy atom. The first-order chi connectivity index (χ1) is 11.1. The van der Waals surface area contributed by atoms with Crippen LogP contribution in [0.3, 0.4) is 0 Å². The Bertz CT molecular complexity index is 515. The Hall–Kier alpha value is -1.10. The summed E-state index contributed by atoms with van der Waals surface area (Å²) in [6, 6.07) is 7.84. The van der Waals surface area contributed by atoms with Gasteiger partial charge in [0.25, 0.3) is 0 Å². The molecule has 23 heavy (non-hydrogen) atoms. The molecular formula is C18H27ClN2O2. The van der Waals surface area contributed by atoms with Crippen molar-refractivity contribution in [3.63, 3.8) is 0 Å². The number of amides is 1. The van der Waals surface area contributed by atoms with Gasteiger partial charge in [-0.2, -0.15) is 0 Å². The lowest BCUT2D eigenvalue weighted by atomic mass is 9.74. The van der Waals surface area contributed by atoms with Crippen molar-refractivity contribution in [1.82, 2.24) is 10.6 Å². The van der Waals surface area contributed by atoms with Gasteiger partial charge in [-0.3, -0.25) is 4.79 Å². The smallest absolute Gasteiger partial charge is 0.236 e. The van der Waals surface area contributed by atoms with Gasteiger partial charge in [0.2, 0.25) is 5.91 Å². The predicted octanol–water partition coefficient (Wildman–Crippen LogP) is 2.89. The fourth-order valence-corrected chi connectivity index (χ4v) is 3.18. The summed E-state index contributed by atoms with van der Waals surface area (Å²) in [6.07, 6.45) is 2.82. The number of rotatable bonds is 7. The van der Waals surface area contributed by atoms with Crippen LogP contribution in [0.2, 0.25) is 5.02 Å². The first-order valence-corrected chi connectivity index (χ1v) is 8.80. The minimum atomic E-state index is -0.208. The normalized spacial score (nSPS) is 18.4. The van der Waals surface area contributed by atoms with Crippen molar-refractivity contribution in [2.24, 2.45) is 0 Å². The summed E-state index contributed by atoms with van der Waals surface area (Å²) in [4.78, 5) is 12.1. The number of benzene rings is 1. The third kappa shape index (κ3) is 4.93. The molecule has 1 aliphatic heterocycles. The highest BCUT2D eigenvalue weighted by atomic mass is 35.5. The molecule has 1 fully saturated rings. The van der Waals surface area contributed by atoms with E-state index in [0.717, 1.165) is 50.6 Å². The third-order valence-electron chi connectivity index (χ3n) is 4.58. The van der Waals surface area contributed by atoms with Crippen molar-refractivity contribution in [2.45, 2.75) is 44.6 Å². The van der Waals surface area contributed by atoms with E-state index in [1.165, 1.54) is 5.56 Å². The van der Waals surface area contributed by atoms with Crippen LogP contribution in [-0.2, 0) is 14.9 Å². The van der Waals surface area contributed by atoms with E-state index < -0.39 is 0 Å². The zero-order valence-electron chi connectivity index (χ0n) is 14.0. The Kier molecular flexibility index (Phi) is 6.88. The van der Waals surface area contributed by atoms with E-state index in [1.54, 1.807) is 0 Å². The monoisotopic (exact) mass is 338 g/mol. The Labute approximate surface area is 143 Å². The SMILES string of the molecule is CCCNC(=O)[C@@H](C)NCC1(c2cccc(Cl)c2)CCOCC1. The van der Waals surface area contributed by atoms with Gasteiger partial charge in [-0.15, -0.1) is 0 Å². The fraction of sp³-hybridized carbons (Fsp3) is 0.611. The van der Waals surface area contributed by atoms with Crippen molar-refractivity contribution in [2.75, 3.05) is 26.3 Å². The number of halogens is 1. The largest absolute Gasteiger partial charge is 0.381 e. The Morgan fingerprint density at radius 2 is 2.13 bits per heavy atom. The van der Waals surface area contributed by atoms with Gasteiger partial charge in [-0.05, 0) is 43.9 Å². The quantitative estimate of drug-likeness (QED) is 0.803. The van der Waals surface area contributed by atoms with Crippen LogP contribution < -0.4 is 10.6 Å². The molecular weight excluding hydrogens is 312 g/mol. The van der Waals surface area contributed by atoms with Gasteiger partial charge < -0.3 is 15.4 Å². The number of ether oxygens (including phenoxy) is 1. The van der Waals surface area contributed by atoms with Gasteiger partial charge in [0.1, 0.15) is 0 Å². The van der Waals surface area contributed by atoms with E-state index in [9.17, 15) is 4.79 Å². The van der Waals surface area contributed by atoms with E-state index >= 15 is 0 Å². The molecule has 0 spiro atoms. The summed E-state index contributed by atoms with van der Waals surface area (Å²) in [7, 11) is 0. The molecule has 1 aromatic rings. The molecule has 0 radical (unpaired) electrons. The van der Waals surface area contributed by atoms with Gasteiger partial charge in [0, 0.05) is 36.7 Å². The van der Waals surface area contributed by atoms with Gasteiger partial charge in [-0.25, -0.2) is 0 Å². The first kappa shape index (κ1) is 18.2. The van der Waals surface area contributed by atoms with Crippen LogP contribution in [0, 0.1) is 0 Å². The van der Waals surface area contributed by atoms with Crippen LogP contribution in [-0.4, -0.2) is 38.3 Å². The highest BCUT2D eigenvalue weighted by Crippen LogP contribution is 2.35. The topological polar surface area (TPSA) is 50.4 Å². The van der Waals surface area contributed by atoms with E-state index in [1.807, 2.05) is 25.1 Å². The molecule has 1 heterocycles.